The molecule has 5 nitrogen and oxygen atoms in total. The van der Waals surface area contributed by atoms with E-state index in [2.05, 4.69) is 9.97 Å². The Labute approximate surface area is 185 Å². The minimum absolute atomic E-state index is 0.354. The molecule has 0 aliphatic carbocycles. The summed E-state index contributed by atoms with van der Waals surface area (Å²) in [6.07, 6.45) is 4.62. The van der Waals surface area contributed by atoms with Crippen molar-refractivity contribution in [1.82, 2.24) is 9.97 Å². The predicted molar refractivity (Wildman–Crippen MR) is 122 cm³/mol. The van der Waals surface area contributed by atoms with Gasteiger partial charge in [-0.05, 0) is 53.4 Å². The van der Waals surface area contributed by atoms with Gasteiger partial charge < -0.3 is 10.5 Å². The molecule has 0 amide bonds. The van der Waals surface area contributed by atoms with E-state index in [0.717, 1.165) is 33.6 Å². The van der Waals surface area contributed by atoms with Crippen molar-refractivity contribution in [2.75, 3.05) is 7.11 Å². The second-order valence-corrected chi connectivity index (χ2v) is 7.76. The number of nitrogens with zero attached hydrogens (tertiary/aromatic N) is 3. The maximum absolute atomic E-state index is 14.9. The van der Waals surface area contributed by atoms with Gasteiger partial charge in [0.05, 0.1) is 7.11 Å². The van der Waals surface area contributed by atoms with Crippen LogP contribution in [0.2, 0.25) is 0 Å². The Hall–Kier alpha value is -4.06. The third-order valence-electron chi connectivity index (χ3n) is 5.95. The van der Waals surface area contributed by atoms with Gasteiger partial charge >= 0.3 is 0 Å². The summed E-state index contributed by atoms with van der Waals surface area (Å²) in [4.78, 5) is 13.1. The van der Waals surface area contributed by atoms with Gasteiger partial charge in [0.25, 0.3) is 0 Å². The fraction of sp³-hybridized carbons (Fsp3) is 0.115. The van der Waals surface area contributed by atoms with Crippen molar-refractivity contribution in [3.8, 4) is 16.9 Å². The Balaban J connectivity index is 1.81. The molecule has 158 valence electrons. The lowest BCUT2D eigenvalue weighted by Crippen LogP contribution is -2.25. The molecule has 0 radical (unpaired) electrons. The second kappa shape index (κ2) is 7.57. The number of halogens is 1. The van der Waals surface area contributed by atoms with Gasteiger partial charge in [-0.25, -0.2) is 19.4 Å². The maximum atomic E-state index is 14.9. The molecule has 5 rings (SSSR count). The van der Waals surface area contributed by atoms with Crippen LogP contribution in [0.1, 0.15) is 27.8 Å². The molecule has 1 aliphatic heterocycles. The van der Waals surface area contributed by atoms with Crippen molar-refractivity contribution in [2.45, 2.75) is 12.5 Å². The Morgan fingerprint density at radius 3 is 2.38 bits per heavy atom. The van der Waals surface area contributed by atoms with Gasteiger partial charge in [0.1, 0.15) is 29.3 Å². The molecule has 1 aliphatic rings. The first-order chi connectivity index (χ1) is 15.5. The van der Waals surface area contributed by atoms with Crippen molar-refractivity contribution >= 4 is 5.84 Å². The van der Waals surface area contributed by atoms with Gasteiger partial charge in [0.15, 0.2) is 0 Å². The first-order valence-electron chi connectivity index (χ1n) is 10.2. The first kappa shape index (κ1) is 19.9. The summed E-state index contributed by atoms with van der Waals surface area (Å²) in [6, 6.07) is 18.9. The van der Waals surface area contributed by atoms with Crippen LogP contribution in [0.15, 0.2) is 84.4 Å². The molecule has 0 fully saturated rings. The minimum Gasteiger partial charge on any atom is -0.496 e. The summed E-state index contributed by atoms with van der Waals surface area (Å²) in [6.45, 7) is 1.99. The van der Waals surface area contributed by atoms with Crippen molar-refractivity contribution in [3.05, 3.63) is 113 Å². The van der Waals surface area contributed by atoms with E-state index in [-0.39, 0.29) is 5.82 Å². The fourth-order valence-corrected chi connectivity index (χ4v) is 4.44. The van der Waals surface area contributed by atoms with Gasteiger partial charge in [-0.2, -0.15) is 0 Å². The average Bonchev–Trinajstić information content (AvgIpc) is 3.13. The molecule has 1 atom stereocenters. The fourth-order valence-electron chi connectivity index (χ4n) is 4.44. The Morgan fingerprint density at radius 2 is 1.62 bits per heavy atom. The zero-order valence-corrected chi connectivity index (χ0v) is 17.7. The normalized spacial score (nSPS) is 17.0. The Kier molecular flexibility index (Phi) is 4.70. The standard InChI is InChI=1S/C26H21FN4O/c1-16-11-18(8-10-24(16)32-2)26(22-6-4-3-5-20(22)25(28)31-26)19-7-9-23(27)21(12-19)17-13-29-15-30-14-17/h3-15H,1-2H3,(H2,28,31). The van der Waals surface area contributed by atoms with E-state index in [4.69, 9.17) is 15.5 Å². The highest BCUT2D eigenvalue weighted by molar-refractivity contribution is 6.03. The Bertz CT molecular complexity index is 1350. The maximum Gasteiger partial charge on any atom is 0.139 e. The third kappa shape index (κ3) is 2.95. The van der Waals surface area contributed by atoms with Crippen molar-refractivity contribution in [1.29, 1.82) is 0 Å². The van der Waals surface area contributed by atoms with Crippen molar-refractivity contribution < 1.29 is 9.13 Å². The third-order valence-corrected chi connectivity index (χ3v) is 5.95. The van der Waals surface area contributed by atoms with Crippen LogP contribution in [-0.2, 0) is 5.54 Å². The van der Waals surface area contributed by atoms with E-state index in [1.807, 2.05) is 55.5 Å². The topological polar surface area (TPSA) is 73.4 Å². The zero-order chi connectivity index (χ0) is 22.3. The number of methoxy groups -OCH3 is 1. The van der Waals surface area contributed by atoms with Gasteiger partial charge in [0, 0.05) is 29.1 Å². The highest BCUT2D eigenvalue weighted by atomic mass is 19.1. The van der Waals surface area contributed by atoms with Gasteiger partial charge in [-0.1, -0.05) is 36.4 Å². The number of aliphatic imine (C=N–C) groups is 1. The van der Waals surface area contributed by atoms with E-state index < -0.39 is 5.54 Å². The average molecular weight is 424 g/mol. The number of benzene rings is 3. The molecule has 0 saturated carbocycles. The summed E-state index contributed by atoms with van der Waals surface area (Å²) in [5.41, 5.74) is 11.0. The smallest absolute Gasteiger partial charge is 0.139 e. The molecular weight excluding hydrogens is 403 g/mol. The summed E-state index contributed by atoms with van der Waals surface area (Å²) in [5, 5.41) is 0. The lowest BCUT2D eigenvalue weighted by atomic mass is 9.76. The van der Waals surface area contributed by atoms with Crippen LogP contribution in [0.3, 0.4) is 0 Å². The first-order valence-corrected chi connectivity index (χ1v) is 10.2. The molecule has 3 aromatic carbocycles. The molecular formula is C26H21FN4O. The van der Waals surface area contributed by atoms with Crippen LogP contribution in [0.4, 0.5) is 4.39 Å². The number of hydrogen-bond acceptors (Lipinski definition) is 5. The molecule has 32 heavy (non-hydrogen) atoms. The summed E-state index contributed by atoms with van der Waals surface area (Å²) < 4.78 is 20.3. The lowest BCUT2D eigenvalue weighted by molar-refractivity contribution is 0.411. The number of rotatable bonds is 4. The molecule has 4 aromatic rings. The van der Waals surface area contributed by atoms with Crippen LogP contribution in [0, 0.1) is 12.7 Å². The monoisotopic (exact) mass is 424 g/mol. The molecule has 1 aromatic heterocycles. The molecule has 2 N–H and O–H groups in total. The number of amidine groups is 1. The number of ether oxygens (including phenoxy) is 1. The number of fused-ring (bicyclic) bond motifs is 1. The van der Waals surface area contributed by atoms with E-state index >= 15 is 0 Å². The summed E-state index contributed by atoms with van der Waals surface area (Å²) >= 11 is 0. The van der Waals surface area contributed by atoms with Gasteiger partial charge in [-0.15, -0.1) is 0 Å². The zero-order valence-electron chi connectivity index (χ0n) is 17.7. The number of aromatic nitrogens is 2. The minimum atomic E-state index is -0.921. The molecule has 2 heterocycles. The van der Waals surface area contributed by atoms with E-state index in [1.54, 1.807) is 25.6 Å². The van der Waals surface area contributed by atoms with Crippen LogP contribution in [0.25, 0.3) is 11.1 Å². The van der Waals surface area contributed by atoms with Crippen molar-refractivity contribution in [3.63, 3.8) is 0 Å². The van der Waals surface area contributed by atoms with Gasteiger partial charge in [0.2, 0.25) is 0 Å². The molecule has 6 heteroatoms. The van der Waals surface area contributed by atoms with Crippen LogP contribution < -0.4 is 10.5 Å². The highest BCUT2D eigenvalue weighted by Gasteiger charge is 2.43. The Morgan fingerprint density at radius 1 is 0.906 bits per heavy atom. The van der Waals surface area contributed by atoms with Crippen LogP contribution in [-0.4, -0.2) is 22.9 Å². The van der Waals surface area contributed by atoms with Crippen molar-refractivity contribution in [2.24, 2.45) is 10.7 Å². The summed E-state index contributed by atoms with van der Waals surface area (Å²) in [5.74, 6) is 0.879. The highest BCUT2D eigenvalue weighted by Crippen LogP contribution is 2.47. The molecule has 0 spiro atoms. The van der Waals surface area contributed by atoms with E-state index in [0.29, 0.717) is 17.0 Å². The SMILES string of the molecule is COc1ccc(C2(c3ccc(F)c(-c4cncnc4)c3)N=C(N)c3ccccc32)cc1C. The molecule has 0 saturated heterocycles. The van der Waals surface area contributed by atoms with E-state index in [9.17, 15) is 4.39 Å². The van der Waals surface area contributed by atoms with E-state index in [1.165, 1.54) is 12.4 Å². The quantitative estimate of drug-likeness (QED) is 0.519. The lowest BCUT2D eigenvalue weighted by Gasteiger charge is -2.30. The number of nitrogens with two attached hydrogens (primary N) is 1. The number of hydrogen-bond donors (Lipinski definition) is 1. The summed E-state index contributed by atoms with van der Waals surface area (Å²) in [7, 11) is 1.65. The van der Waals surface area contributed by atoms with Crippen LogP contribution in [0.5, 0.6) is 5.75 Å². The predicted octanol–water partition coefficient (Wildman–Crippen LogP) is 4.61. The molecule has 0 bridgehead atoms. The molecule has 1 unspecified atom stereocenters. The largest absolute Gasteiger partial charge is 0.496 e. The number of aryl methyl sites for hydroxylation is 1. The second-order valence-electron chi connectivity index (χ2n) is 7.76. The van der Waals surface area contributed by atoms with Gasteiger partial charge in [-0.3, -0.25) is 0 Å². The van der Waals surface area contributed by atoms with Crippen LogP contribution >= 0.6 is 0 Å².